The van der Waals surface area contributed by atoms with Crippen LogP contribution in [-0.4, -0.2) is 11.7 Å². The van der Waals surface area contributed by atoms with E-state index in [1.807, 2.05) is 0 Å². The van der Waals surface area contributed by atoms with Gasteiger partial charge in [-0.25, -0.2) is 0 Å². The second-order valence-corrected chi connectivity index (χ2v) is 5.86. The molecular formula is C15H24O. The van der Waals surface area contributed by atoms with E-state index in [1.165, 1.54) is 24.8 Å². The summed E-state index contributed by atoms with van der Waals surface area (Å²) < 4.78 is 5.75. The Labute approximate surface area is 99.6 Å². The van der Waals surface area contributed by atoms with Crippen molar-refractivity contribution in [3.8, 4) is 0 Å². The Kier molecular flexibility index (Phi) is 3.25. The van der Waals surface area contributed by atoms with Crippen LogP contribution in [0.3, 0.4) is 0 Å². The van der Waals surface area contributed by atoms with Gasteiger partial charge in [0.25, 0.3) is 0 Å². The zero-order chi connectivity index (χ0) is 11.8. The van der Waals surface area contributed by atoms with Gasteiger partial charge in [0.2, 0.25) is 0 Å². The topological polar surface area (TPSA) is 12.5 Å². The Bertz CT molecular complexity index is 322. The minimum atomic E-state index is 0.261. The van der Waals surface area contributed by atoms with E-state index in [4.69, 9.17) is 4.74 Å². The van der Waals surface area contributed by atoms with Crippen molar-refractivity contribution in [3.63, 3.8) is 0 Å². The highest BCUT2D eigenvalue weighted by atomic mass is 16.6. The minimum Gasteiger partial charge on any atom is -0.366 e. The molecule has 2 rings (SSSR count). The minimum absolute atomic E-state index is 0.261. The van der Waals surface area contributed by atoms with Crippen LogP contribution in [0, 0.1) is 5.92 Å². The van der Waals surface area contributed by atoms with E-state index in [0.29, 0.717) is 6.10 Å². The number of rotatable bonds is 3. The highest BCUT2D eigenvalue weighted by Crippen LogP contribution is 2.50. The molecule has 1 saturated heterocycles. The summed E-state index contributed by atoms with van der Waals surface area (Å²) in [5, 5.41) is 0. The van der Waals surface area contributed by atoms with Gasteiger partial charge in [-0.3, -0.25) is 0 Å². The quantitative estimate of drug-likeness (QED) is 0.512. The van der Waals surface area contributed by atoms with Gasteiger partial charge in [-0.15, -0.1) is 0 Å². The van der Waals surface area contributed by atoms with Crippen LogP contribution >= 0.6 is 0 Å². The number of fused-ring (bicyclic) bond motifs is 1. The lowest BCUT2D eigenvalue weighted by atomic mass is 9.79. The fourth-order valence-electron chi connectivity index (χ4n) is 2.71. The lowest BCUT2D eigenvalue weighted by molar-refractivity contribution is 0.303. The van der Waals surface area contributed by atoms with Gasteiger partial charge >= 0.3 is 0 Å². The summed E-state index contributed by atoms with van der Waals surface area (Å²) in [5.74, 6) is 0.770. The lowest BCUT2D eigenvalue weighted by Gasteiger charge is -2.23. The maximum Gasteiger partial charge on any atom is 0.0920 e. The normalized spacial score (nSPS) is 37.9. The number of allylic oxidation sites excluding steroid dienone is 4. The van der Waals surface area contributed by atoms with Gasteiger partial charge in [-0.1, -0.05) is 23.3 Å². The highest BCUT2D eigenvalue weighted by molar-refractivity contribution is 5.14. The van der Waals surface area contributed by atoms with Gasteiger partial charge in [0.15, 0.2) is 0 Å². The van der Waals surface area contributed by atoms with Gasteiger partial charge in [0.05, 0.1) is 11.7 Å². The Morgan fingerprint density at radius 1 is 1.31 bits per heavy atom. The summed E-state index contributed by atoms with van der Waals surface area (Å²) in [6.45, 7) is 8.87. The molecule has 3 atom stereocenters. The van der Waals surface area contributed by atoms with Crippen molar-refractivity contribution >= 4 is 0 Å². The molecule has 0 aromatic rings. The zero-order valence-corrected chi connectivity index (χ0v) is 11.0. The molecule has 0 radical (unpaired) electrons. The van der Waals surface area contributed by atoms with E-state index in [0.717, 1.165) is 12.3 Å². The molecule has 1 unspecified atom stereocenters. The fraction of sp³-hybridized carbons (Fsp3) is 0.733. The van der Waals surface area contributed by atoms with Crippen molar-refractivity contribution in [2.75, 3.05) is 0 Å². The molecule has 1 nitrogen and oxygen atoms in total. The molecule has 2 aliphatic rings. The molecule has 90 valence electrons. The fourth-order valence-corrected chi connectivity index (χ4v) is 2.71. The van der Waals surface area contributed by atoms with E-state index < -0.39 is 0 Å². The number of epoxide rings is 1. The first-order valence-electron chi connectivity index (χ1n) is 6.49. The second-order valence-electron chi connectivity index (χ2n) is 5.86. The van der Waals surface area contributed by atoms with Crippen LogP contribution in [-0.2, 0) is 4.74 Å². The molecule has 0 N–H and O–H groups in total. The van der Waals surface area contributed by atoms with Crippen molar-refractivity contribution < 1.29 is 4.74 Å². The van der Waals surface area contributed by atoms with E-state index in [1.54, 1.807) is 5.57 Å². The Morgan fingerprint density at radius 3 is 2.69 bits per heavy atom. The van der Waals surface area contributed by atoms with Crippen LogP contribution in [0.2, 0.25) is 0 Å². The molecule has 0 spiro atoms. The van der Waals surface area contributed by atoms with Crippen LogP contribution in [0.15, 0.2) is 23.3 Å². The third-order valence-corrected chi connectivity index (χ3v) is 4.13. The van der Waals surface area contributed by atoms with E-state index in [-0.39, 0.29) is 5.60 Å². The summed E-state index contributed by atoms with van der Waals surface area (Å²) in [4.78, 5) is 0. The number of hydrogen-bond acceptors (Lipinski definition) is 1. The van der Waals surface area contributed by atoms with Crippen LogP contribution in [0.25, 0.3) is 0 Å². The average molecular weight is 220 g/mol. The van der Waals surface area contributed by atoms with Gasteiger partial charge in [0, 0.05) is 0 Å². The van der Waals surface area contributed by atoms with Crippen molar-refractivity contribution in [2.24, 2.45) is 5.92 Å². The van der Waals surface area contributed by atoms with Gasteiger partial charge < -0.3 is 4.74 Å². The van der Waals surface area contributed by atoms with Crippen molar-refractivity contribution in [1.82, 2.24) is 0 Å². The second kappa shape index (κ2) is 4.37. The molecule has 0 aromatic heterocycles. The first-order valence-corrected chi connectivity index (χ1v) is 6.49. The molecule has 0 bridgehead atoms. The molecule has 0 amide bonds. The lowest BCUT2D eigenvalue weighted by Crippen LogP contribution is -2.21. The predicted octanol–water partition coefficient (Wildman–Crippen LogP) is 4.25. The monoisotopic (exact) mass is 220 g/mol. The van der Waals surface area contributed by atoms with Crippen LogP contribution < -0.4 is 0 Å². The molecule has 16 heavy (non-hydrogen) atoms. The summed E-state index contributed by atoms with van der Waals surface area (Å²) in [7, 11) is 0. The summed E-state index contributed by atoms with van der Waals surface area (Å²) in [6.07, 6.45) is 10.1. The van der Waals surface area contributed by atoms with Crippen molar-refractivity contribution in [1.29, 1.82) is 0 Å². The first-order chi connectivity index (χ1) is 7.51. The molecule has 1 aliphatic heterocycles. The van der Waals surface area contributed by atoms with Gasteiger partial charge in [0.1, 0.15) is 0 Å². The molecule has 1 heterocycles. The van der Waals surface area contributed by atoms with Crippen molar-refractivity contribution in [3.05, 3.63) is 23.3 Å². The highest BCUT2D eigenvalue weighted by Gasteiger charge is 2.55. The Hall–Kier alpha value is -0.560. The predicted molar refractivity (Wildman–Crippen MR) is 68.4 cm³/mol. The van der Waals surface area contributed by atoms with Gasteiger partial charge in [-0.05, 0) is 59.3 Å². The van der Waals surface area contributed by atoms with Crippen LogP contribution in [0.1, 0.15) is 53.4 Å². The summed E-state index contributed by atoms with van der Waals surface area (Å²) in [5.41, 5.74) is 3.23. The maximum atomic E-state index is 5.75. The molecule has 1 heteroatoms. The maximum absolute atomic E-state index is 5.75. The SMILES string of the molecule is CC(C)=CCC=C(C)[C@H]1CCC2(C)O[C@H]2C1. The van der Waals surface area contributed by atoms with Crippen LogP contribution in [0.4, 0.5) is 0 Å². The van der Waals surface area contributed by atoms with Gasteiger partial charge in [-0.2, -0.15) is 0 Å². The largest absolute Gasteiger partial charge is 0.366 e. The Morgan fingerprint density at radius 2 is 2.06 bits per heavy atom. The number of ether oxygens (including phenoxy) is 1. The zero-order valence-electron chi connectivity index (χ0n) is 11.0. The number of hydrogen-bond donors (Lipinski definition) is 0. The van der Waals surface area contributed by atoms with E-state index in [9.17, 15) is 0 Å². The van der Waals surface area contributed by atoms with Crippen molar-refractivity contribution in [2.45, 2.75) is 65.1 Å². The molecule has 1 saturated carbocycles. The molecule has 1 aliphatic carbocycles. The smallest absolute Gasteiger partial charge is 0.0920 e. The summed E-state index contributed by atoms with van der Waals surface area (Å²) in [6, 6.07) is 0. The first kappa shape index (κ1) is 11.9. The molecule has 2 fully saturated rings. The standard InChI is InChI=1S/C15H24O/c1-11(2)6-5-7-12(3)13-8-9-15(4)14(10-13)16-15/h6-7,13-14H,5,8-10H2,1-4H3/t13-,14-,15?/m0/s1. The van der Waals surface area contributed by atoms with Crippen LogP contribution in [0.5, 0.6) is 0 Å². The Balaban J connectivity index is 1.86. The molecular weight excluding hydrogens is 196 g/mol. The average Bonchev–Trinajstić information content (AvgIpc) is 2.87. The molecule has 0 aromatic carbocycles. The van der Waals surface area contributed by atoms with E-state index >= 15 is 0 Å². The summed E-state index contributed by atoms with van der Waals surface area (Å²) >= 11 is 0. The van der Waals surface area contributed by atoms with E-state index in [2.05, 4.69) is 39.8 Å². The third kappa shape index (κ3) is 2.57. The third-order valence-electron chi connectivity index (χ3n) is 4.13.